The molecule has 0 unspecified atom stereocenters. The molecule has 8 nitrogen and oxygen atoms in total. The summed E-state index contributed by atoms with van der Waals surface area (Å²) in [5.41, 5.74) is 0.294. The van der Waals surface area contributed by atoms with E-state index in [9.17, 15) is 22.8 Å². The number of sulfone groups is 1. The van der Waals surface area contributed by atoms with Gasteiger partial charge in [0.15, 0.2) is 9.84 Å². The second-order valence-electron chi connectivity index (χ2n) is 5.67. The number of rotatable bonds is 6. The maximum Gasteiger partial charge on any atom is 0.363 e. The molecule has 0 N–H and O–H groups in total. The number of fused-ring (bicyclic) bond motifs is 1. The van der Waals surface area contributed by atoms with Gasteiger partial charge in [-0.25, -0.2) is 13.2 Å². The third-order valence-corrected chi connectivity index (χ3v) is 5.63. The second kappa shape index (κ2) is 7.29. The quantitative estimate of drug-likeness (QED) is 0.689. The fraction of sp³-hybridized carbons (Fsp3) is 0.167. The number of methoxy groups -OCH3 is 1. The molecule has 1 heterocycles. The summed E-state index contributed by atoms with van der Waals surface area (Å²) in [7, 11) is -2.14. The lowest BCUT2D eigenvalue weighted by Crippen LogP contribution is -2.32. The topological polar surface area (TPSA) is 107 Å². The second-order valence-corrected chi connectivity index (χ2v) is 7.77. The van der Waals surface area contributed by atoms with Crippen molar-refractivity contribution in [1.82, 2.24) is 5.06 Å². The zero-order valence-electron chi connectivity index (χ0n) is 14.2. The third-order valence-electron chi connectivity index (χ3n) is 3.94. The zero-order chi connectivity index (χ0) is 19.6. The van der Waals surface area contributed by atoms with Crippen LogP contribution in [0, 0.1) is 0 Å². The van der Waals surface area contributed by atoms with Crippen molar-refractivity contribution >= 4 is 27.6 Å². The Morgan fingerprint density at radius 3 is 2.04 bits per heavy atom. The summed E-state index contributed by atoms with van der Waals surface area (Å²) in [5, 5.41) is 0.399. The maximum atomic E-state index is 12.2. The van der Waals surface area contributed by atoms with Crippen LogP contribution in [0.25, 0.3) is 0 Å². The third kappa shape index (κ3) is 3.60. The Morgan fingerprint density at radius 1 is 0.963 bits per heavy atom. The molecule has 2 aromatic rings. The van der Waals surface area contributed by atoms with E-state index in [1.165, 1.54) is 43.5 Å². The Kier molecular flexibility index (Phi) is 5.06. The number of amides is 2. The molecule has 1 aliphatic heterocycles. The Labute approximate surface area is 155 Å². The summed E-state index contributed by atoms with van der Waals surface area (Å²) in [6.07, 6.45) is 0. The number of carbonyl (C=O) groups is 3. The summed E-state index contributed by atoms with van der Waals surface area (Å²) < 4.78 is 28.9. The number of ether oxygens (including phenoxy) is 1. The smallest absolute Gasteiger partial charge is 0.363 e. The molecule has 2 aromatic carbocycles. The van der Waals surface area contributed by atoms with Gasteiger partial charge in [0.05, 0.1) is 33.9 Å². The van der Waals surface area contributed by atoms with Crippen LogP contribution in [0.1, 0.15) is 31.1 Å². The highest BCUT2D eigenvalue weighted by atomic mass is 32.2. The number of hydroxylamine groups is 2. The van der Waals surface area contributed by atoms with Crippen LogP contribution in [0.5, 0.6) is 0 Å². The van der Waals surface area contributed by atoms with Crippen LogP contribution < -0.4 is 0 Å². The van der Waals surface area contributed by atoms with Crippen LogP contribution in [0.3, 0.4) is 0 Å². The monoisotopic (exact) mass is 389 g/mol. The molecule has 2 amide bonds. The van der Waals surface area contributed by atoms with Gasteiger partial charge >= 0.3 is 5.97 Å². The number of benzene rings is 2. The van der Waals surface area contributed by atoms with E-state index in [-0.39, 0.29) is 33.9 Å². The molecule has 1 aliphatic rings. The highest BCUT2D eigenvalue weighted by molar-refractivity contribution is 7.91. The van der Waals surface area contributed by atoms with Crippen molar-refractivity contribution < 1.29 is 32.4 Å². The first kappa shape index (κ1) is 18.7. The molecular weight excluding hydrogens is 374 g/mol. The van der Waals surface area contributed by atoms with Crippen molar-refractivity contribution in [1.29, 1.82) is 0 Å². The minimum absolute atomic E-state index is 0.00255. The molecule has 0 aliphatic carbocycles. The number of nitrogens with zero attached hydrogens (tertiary/aromatic N) is 1. The Morgan fingerprint density at radius 2 is 1.52 bits per heavy atom. The van der Waals surface area contributed by atoms with E-state index in [0.717, 1.165) is 0 Å². The van der Waals surface area contributed by atoms with Crippen LogP contribution in [0.4, 0.5) is 0 Å². The average Bonchev–Trinajstić information content (AvgIpc) is 2.92. The highest BCUT2D eigenvalue weighted by Crippen LogP contribution is 2.23. The minimum atomic E-state index is -3.54. The summed E-state index contributed by atoms with van der Waals surface area (Å²) >= 11 is 0. The molecule has 0 saturated carbocycles. The van der Waals surface area contributed by atoms with Crippen LogP contribution in [-0.2, 0) is 19.4 Å². The maximum absolute atomic E-state index is 12.2. The number of hydrogen-bond acceptors (Lipinski definition) is 7. The SMILES string of the molecule is COCCS(=O)(=O)c1ccc(C(=O)ON2C(=O)c3ccccc3C2=O)cc1. The minimum Gasteiger partial charge on any atom is -0.384 e. The average molecular weight is 389 g/mol. The zero-order valence-corrected chi connectivity index (χ0v) is 15.1. The first-order valence-corrected chi connectivity index (χ1v) is 9.52. The lowest BCUT2D eigenvalue weighted by Gasteiger charge is -2.12. The molecule has 0 aromatic heterocycles. The number of hydrogen-bond donors (Lipinski definition) is 0. The van der Waals surface area contributed by atoms with Crippen molar-refractivity contribution in [3.8, 4) is 0 Å². The molecule has 0 saturated heterocycles. The molecule has 0 radical (unpaired) electrons. The van der Waals surface area contributed by atoms with Gasteiger partial charge in [-0.15, -0.1) is 0 Å². The molecular formula is C18H15NO7S. The first-order chi connectivity index (χ1) is 12.8. The molecule has 140 valence electrons. The summed E-state index contributed by atoms with van der Waals surface area (Å²) in [6.45, 7) is 0.0475. The normalized spacial score (nSPS) is 13.6. The number of imide groups is 1. The van der Waals surface area contributed by atoms with Crippen molar-refractivity contribution in [3.05, 3.63) is 65.2 Å². The molecule has 0 fully saturated rings. The van der Waals surface area contributed by atoms with E-state index in [0.29, 0.717) is 5.06 Å². The lowest BCUT2D eigenvalue weighted by atomic mass is 10.1. The van der Waals surface area contributed by atoms with E-state index >= 15 is 0 Å². The van der Waals surface area contributed by atoms with Crippen molar-refractivity contribution in [2.45, 2.75) is 4.90 Å². The number of carbonyl (C=O) groups excluding carboxylic acids is 3. The van der Waals surface area contributed by atoms with Crippen molar-refractivity contribution in [2.24, 2.45) is 0 Å². The molecule has 27 heavy (non-hydrogen) atoms. The summed E-state index contributed by atoms with van der Waals surface area (Å²) in [6, 6.07) is 11.1. The Hall–Kier alpha value is -3.04. The van der Waals surface area contributed by atoms with Crippen LogP contribution in [0.2, 0.25) is 0 Å². The van der Waals surface area contributed by atoms with Crippen LogP contribution in [0.15, 0.2) is 53.4 Å². The van der Waals surface area contributed by atoms with Gasteiger partial charge in [-0.05, 0) is 36.4 Å². The van der Waals surface area contributed by atoms with Gasteiger partial charge in [-0.2, -0.15) is 0 Å². The van der Waals surface area contributed by atoms with E-state index in [2.05, 4.69) is 0 Å². The van der Waals surface area contributed by atoms with Crippen molar-refractivity contribution in [3.63, 3.8) is 0 Å². The molecule has 0 spiro atoms. The van der Waals surface area contributed by atoms with E-state index in [4.69, 9.17) is 9.57 Å². The van der Waals surface area contributed by atoms with E-state index < -0.39 is 27.6 Å². The van der Waals surface area contributed by atoms with Gasteiger partial charge in [0.1, 0.15) is 0 Å². The van der Waals surface area contributed by atoms with Gasteiger partial charge in [-0.3, -0.25) is 9.59 Å². The van der Waals surface area contributed by atoms with Crippen LogP contribution in [-0.4, -0.2) is 50.7 Å². The van der Waals surface area contributed by atoms with Gasteiger partial charge in [0.2, 0.25) is 0 Å². The molecule has 9 heteroatoms. The lowest BCUT2D eigenvalue weighted by molar-refractivity contribution is -0.0584. The summed E-state index contributed by atoms with van der Waals surface area (Å²) in [4.78, 5) is 41.6. The molecule has 0 bridgehead atoms. The largest absolute Gasteiger partial charge is 0.384 e. The van der Waals surface area contributed by atoms with Gasteiger partial charge in [0.25, 0.3) is 11.8 Å². The highest BCUT2D eigenvalue weighted by Gasteiger charge is 2.38. The Balaban J connectivity index is 1.74. The van der Waals surface area contributed by atoms with Crippen LogP contribution >= 0.6 is 0 Å². The Bertz CT molecular complexity index is 977. The predicted octanol–water partition coefficient (Wildman–Crippen LogP) is 1.47. The van der Waals surface area contributed by atoms with E-state index in [1.54, 1.807) is 12.1 Å². The van der Waals surface area contributed by atoms with E-state index in [1.807, 2.05) is 0 Å². The molecule has 3 rings (SSSR count). The van der Waals surface area contributed by atoms with Gasteiger partial charge < -0.3 is 9.57 Å². The molecule has 0 atom stereocenters. The first-order valence-electron chi connectivity index (χ1n) is 7.87. The van der Waals surface area contributed by atoms with Crippen molar-refractivity contribution in [2.75, 3.05) is 19.5 Å². The van der Waals surface area contributed by atoms with Gasteiger partial charge in [0, 0.05) is 7.11 Å². The standard InChI is InChI=1S/C18H15NO7S/c1-25-10-11-27(23,24)13-8-6-12(7-9-13)18(22)26-19-16(20)14-4-2-3-5-15(14)17(19)21/h2-9H,10-11H2,1H3. The fourth-order valence-corrected chi connectivity index (χ4v) is 3.67. The van der Waals surface area contributed by atoms with Gasteiger partial charge in [-0.1, -0.05) is 17.2 Å². The predicted molar refractivity (Wildman–Crippen MR) is 92.7 cm³/mol. The summed E-state index contributed by atoms with van der Waals surface area (Å²) in [5.74, 6) is -2.61. The fourth-order valence-electron chi connectivity index (χ4n) is 2.49.